The van der Waals surface area contributed by atoms with E-state index in [4.69, 9.17) is 0 Å². The van der Waals surface area contributed by atoms with E-state index in [0.717, 1.165) is 38.5 Å². The summed E-state index contributed by atoms with van der Waals surface area (Å²) in [7, 11) is 0. The molecule has 5 nitrogen and oxygen atoms in total. The van der Waals surface area contributed by atoms with Crippen LogP contribution in [0, 0.1) is 13.8 Å². The van der Waals surface area contributed by atoms with Gasteiger partial charge in [-0.25, -0.2) is 4.98 Å². The molecule has 1 aromatic carbocycles. The molecule has 0 saturated heterocycles. The van der Waals surface area contributed by atoms with Crippen molar-refractivity contribution < 1.29 is 0 Å². The Morgan fingerprint density at radius 3 is 2.22 bits per heavy atom. The van der Waals surface area contributed by atoms with Gasteiger partial charge in [0.25, 0.3) is 0 Å². The summed E-state index contributed by atoms with van der Waals surface area (Å²) in [5.74, 6) is 1.30. The lowest BCUT2D eigenvalue weighted by Crippen LogP contribution is -2.27. The first kappa shape index (κ1) is 19.3. The quantitative estimate of drug-likeness (QED) is 0.546. The summed E-state index contributed by atoms with van der Waals surface area (Å²) in [5.41, 5.74) is 4.76. The Kier molecular flexibility index (Phi) is 5.46. The number of nitrogens with one attached hydrogen (secondary N) is 2. The Balaban J connectivity index is 2.05. The third-order valence-corrected chi connectivity index (χ3v) is 4.35. The lowest BCUT2D eigenvalue weighted by atomic mass is 10.1. The van der Waals surface area contributed by atoms with Gasteiger partial charge in [0.2, 0.25) is 5.95 Å². The van der Waals surface area contributed by atoms with Crippen LogP contribution in [0.25, 0.3) is 11.4 Å². The fourth-order valence-electron chi connectivity index (χ4n) is 2.78. The van der Waals surface area contributed by atoms with Crippen molar-refractivity contribution in [1.29, 1.82) is 0 Å². The van der Waals surface area contributed by atoms with E-state index in [2.05, 4.69) is 88.3 Å². The molecule has 0 radical (unpaired) electrons. The first-order valence-electron chi connectivity index (χ1n) is 8.84. The van der Waals surface area contributed by atoms with E-state index in [1.54, 1.807) is 6.20 Å². The number of halogens is 1. The molecule has 0 aliphatic heterocycles. The second kappa shape index (κ2) is 7.64. The molecular weight excluding hydrogens is 402 g/mol. The van der Waals surface area contributed by atoms with Crippen LogP contribution in [0.1, 0.15) is 31.9 Å². The van der Waals surface area contributed by atoms with Gasteiger partial charge in [0.15, 0.2) is 0 Å². The van der Waals surface area contributed by atoms with Crippen LogP contribution < -0.4 is 10.6 Å². The second-order valence-electron chi connectivity index (χ2n) is 7.59. The van der Waals surface area contributed by atoms with Crippen LogP contribution in [-0.4, -0.2) is 20.5 Å². The third-order valence-electron chi connectivity index (χ3n) is 3.89. The van der Waals surface area contributed by atoms with Crippen molar-refractivity contribution in [2.45, 2.75) is 40.2 Å². The molecule has 0 saturated carbocycles. The van der Waals surface area contributed by atoms with E-state index in [1.807, 2.05) is 24.3 Å². The zero-order chi connectivity index (χ0) is 19.6. The maximum atomic E-state index is 4.67. The fraction of sp³-hybridized carbons (Fsp3) is 0.286. The van der Waals surface area contributed by atoms with Crippen molar-refractivity contribution in [2.75, 3.05) is 10.6 Å². The van der Waals surface area contributed by atoms with Crippen molar-refractivity contribution in [3.63, 3.8) is 0 Å². The highest BCUT2D eigenvalue weighted by atomic mass is 79.9. The smallest absolute Gasteiger partial charge is 0.225 e. The molecule has 0 atom stereocenters. The highest BCUT2D eigenvalue weighted by Gasteiger charge is 2.15. The summed E-state index contributed by atoms with van der Waals surface area (Å²) < 4.78 is 1.06. The van der Waals surface area contributed by atoms with Crippen molar-refractivity contribution in [2.24, 2.45) is 0 Å². The van der Waals surface area contributed by atoms with E-state index in [1.165, 1.54) is 0 Å². The Morgan fingerprint density at radius 2 is 1.63 bits per heavy atom. The number of hydrogen-bond donors (Lipinski definition) is 2. The zero-order valence-corrected chi connectivity index (χ0v) is 17.8. The molecule has 3 rings (SSSR count). The maximum absolute atomic E-state index is 4.67. The van der Waals surface area contributed by atoms with Crippen LogP contribution in [0.15, 0.2) is 47.1 Å². The number of hydrogen-bond acceptors (Lipinski definition) is 5. The number of benzene rings is 1. The molecule has 0 fully saturated rings. The number of rotatable bonds is 4. The van der Waals surface area contributed by atoms with Crippen LogP contribution in [0.2, 0.25) is 0 Å². The van der Waals surface area contributed by atoms with Crippen LogP contribution in [0.3, 0.4) is 0 Å². The molecule has 2 heterocycles. The van der Waals surface area contributed by atoms with Gasteiger partial charge in [-0.3, -0.25) is 4.98 Å². The minimum Gasteiger partial charge on any atom is -0.350 e. The van der Waals surface area contributed by atoms with Gasteiger partial charge in [0.1, 0.15) is 5.82 Å². The van der Waals surface area contributed by atoms with E-state index in [0.29, 0.717) is 5.95 Å². The van der Waals surface area contributed by atoms with Crippen molar-refractivity contribution >= 4 is 33.4 Å². The summed E-state index contributed by atoms with van der Waals surface area (Å²) in [4.78, 5) is 13.8. The van der Waals surface area contributed by atoms with Gasteiger partial charge in [-0.1, -0.05) is 22.0 Å². The van der Waals surface area contributed by atoms with Gasteiger partial charge in [-0.15, -0.1) is 0 Å². The third kappa shape index (κ3) is 5.04. The van der Waals surface area contributed by atoms with Gasteiger partial charge in [0.05, 0.1) is 11.4 Å². The maximum Gasteiger partial charge on any atom is 0.225 e. The molecule has 0 aliphatic carbocycles. The fourth-order valence-corrected chi connectivity index (χ4v) is 3.47. The summed E-state index contributed by atoms with van der Waals surface area (Å²) >= 11 is 3.55. The lowest BCUT2D eigenvalue weighted by molar-refractivity contribution is 0.626. The molecular formula is C21H24BrN5. The second-order valence-corrected chi connectivity index (χ2v) is 8.51. The lowest BCUT2D eigenvalue weighted by Gasteiger charge is -2.21. The molecule has 3 aromatic rings. The topological polar surface area (TPSA) is 62.7 Å². The minimum atomic E-state index is -0.149. The predicted octanol–water partition coefficient (Wildman–Crippen LogP) is 5.87. The Bertz CT molecular complexity index is 926. The van der Waals surface area contributed by atoms with Crippen LogP contribution in [0.4, 0.5) is 17.5 Å². The monoisotopic (exact) mass is 425 g/mol. The van der Waals surface area contributed by atoms with E-state index >= 15 is 0 Å². The van der Waals surface area contributed by atoms with Gasteiger partial charge < -0.3 is 10.6 Å². The van der Waals surface area contributed by atoms with E-state index < -0.39 is 0 Å². The Morgan fingerprint density at radius 1 is 0.926 bits per heavy atom. The molecule has 27 heavy (non-hydrogen) atoms. The normalized spacial score (nSPS) is 11.3. The molecule has 0 spiro atoms. The number of aromatic nitrogens is 3. The Labute approximate surface area is 168 Å². The van der Waals surface area contributed by atoms with Crippen LogP contribution in [-0.2, 0) is 0 Å². The molecule has 140 valence electrons. The SMILES string of the molecule is Cc1cc(Br)cc(C)c1Nc1cc(-c2ccccn2)nc(NC(C)(C)C)n1. The van der Waals surface area contributed by atoms with Crippen LogP contribution in [0.5, 0.6) is 0 Å². The van der Waals surface area contributed by atoms with Gasteiger partial charge in [0, 0.05) is 28.0 Å². The number of nitrogens with zero attached hydrogens (tertiary/aromatic N) is 3. The van der Waals surface area contributed by atoms with Crippen molar-refractivity contribution in [1.82, 2.24) is 15.0 Å². The molecule has 6 heteroatoms. The average Bonchev–Trinajstić information content (AvgIpc) is 2.57. The number of aryl methyl sites for hydroxylation is 2. The highest BCUT2D eigenvalue weighted by Crippen LogP contribution is 2.29. The summed E-state index contributed by atoms with van der Waals surface area (Å²) in [6.07, 6.45) is 1.77. The van der Waals surface area contributed by atoms with Crippen LogP contribution >= 0.6 is 15.9 Å². The Hall–Kier alpha value is -2.47. The van der Waals surface area contributed by atoms with Crippen molar-refractivity contribution in [3.8, 4) is 11.4 Å². The largest absolute Gasteiger partial charge is 0.350 e. The minimum absolute atomic E-state index is 0.149. The van der Waals surface area contributed by atoms with E-state index in [-0.39, 0.29) is 5.54 Å². The molecule has 2 N–H and O–H groups in total. The molecule has 0 aliphatic rings. The first-order valence-corrected chi connectivity index (χ1v) is 9.63. The predicted molar refractivity (Wildman–Crippen MR) is 116 cm³/mol. The number of pyridine rings is 1. The molecule has 0 amide bonds. The van der Waals surface area contributed by atoms with E-state index in [9.17, 15) is 0 Å². The van der Waals surface area contributed by atoms with Gasteiger partial charge >= 0.3 is 0 Å². The molecule has 2 aromatic heterocycles. The number of anilines is 3. The summed E-state index contributed by atoms with van der Waals surface area (Å²) in [6.45, 7) is 10.4. The first-order chi connectivity index (χ1) is 12.7. The molecule has 0 unspecified atom stereocenters. The summed E-state index contributed by atoms with van der Waals surface area (Å²) in [5, 5.41) is 6.82. The molecule has 0 bridgehead atoms. The zero-order valence-electron chi connectivity index (χ0n) is 16.3. The standard InChI is InChI=1S/C21H24BrN5/c1-13-10-15(22)11-14(2)19(13)25-18-12-17(16-8-6-7-9-23-16)24-20(26-18)27-21(3,4)5/h6-12H,1-5H3,(H2,24,25,26,27). The van der Waals surface area contributed by atoms with Gasteiger partial charge in [-0.05, 0) is 70.0 Å². The highest BCUT2D eigenvalue weighted by molar-refractivity contribution is 9.10. The average molecular weight is 426 g/mol. The van der Waals surface area contributed by atoms with Crippen molar-refractivity contribution in [3.05, 3.63) is 58.2 Å². The van der Waals surface area contributed by atoms with Gasteiger partial charge in [-0.2, -0.15) is 4.98 Å². The summed E-state index contributed by atoms with van der Waals surface area (Å²) in [6, 6.07) is 11.9.